The van der Waals surface area contributed by atoms with E-state index in [1.807, 2.05) is 179 Å². The second-order valence-electron chi connectivity index (χ2n) is 18.2. The molecule has 0 fully saturated rings. The number of alkyl halides is 3. The molecule has 13 aromatic rings. The van der Waals surface area contributed by atoms with Gasteiger partial charge in [0, 0.05) is 32.7 Å². The predicted molar refractivity (Wildman–Crippen MR) is 291 cm³/mol. The van der Waals surface area contributed by atoms with Crippen molar-refractivity contribution in [3.05, 3.63) is 260 Å². The summed E-state index contributed by atoms with van der Waals surface area (Å²) in [6.45, 7) is 0. The van der Waals surface area contributed by atoms with E-state index in [1.54, 1.807) is 12.1 Å². The fourth-order valence-electron chi connectivity index (χ4n) is 10.6. The largest absolute Gasteiger partial charge is 0.420 e. The van der Waals surface area contributed by atoms with E-state index in [0.717, 1.165) is 71.6 Å². The molecule has 342 valence electrons. The minimum absolute atomic E-state index is 0.00125. The van der Waals surface area contributed by atoms with Crippen molar-refractivity contribution >= 4 is 43.6 Å². The Bertz CT molecular complexity index is 3750. The van der Waals surface area contributed by atoms with E-state index in [0.29, 0.717) is 39.0 Å². The van der Waals surface area contributed by atoms with Crippen LogP contribution in [-0.2, 0) is 6.18 Å². The van der Waals surface area contributed by atoms with Gasteiger partial charge in [-0.25, -0.2) is 4.98 Å². The minimum Gasteiger partial charge on any atom is -0.309 e. The molecule has 0 amide bonds. The van der Waals surface area contributed by atoms with Crippen molar-refractivity contribution in [2.45, 2.75) is 6.18 Å². The molecule has 72 heavy (non-hydrogen) atoms. The van der Waals surface area contributed by atoms with Crippen LogP contribution in [0, 0.1) is 0 Å². The summed E-state index contributed by atoms with van der Waals surface area (Å²) in [6, 6.07) is 83.7. The lowest BCUT2D eigenvalue weighted by Crippen LogP contribution is -2.16. The van der Waals surface area contributed by atoms with Crippen molar-refractivity contribution in [1.29, 1.82) is 0 Å². The molecule has 0 bridgehead atoms. The van der Waals surface area contributed by atoms with Crippen molar-refractivity contribution in [3.8, 4) is 78.4 Å². The summed E-state index contributed by atoms with van der Waals surface area (Å²) in [4.78, 5) is 5.18. The minimum atomic E-state index is -4.84. The Hall–Kier alpha value is -9.26. The highest BCUT2D eigenvalue weighted by Crippen LogP contribution is 2.48. The Balaban J connectivity index is 1.16. The van der Waals surface area contributed by atoms with Crippen LogP contribution < -0.4 is 0 Å². The molecule has 0 aliphatic rings. The van der Waals surface area contributed by atoms with Gasteiger partial charge in [-0.1, -0.05) is 182 Å². The molecule has 0 spiro atoms. The summed E-state index contributed by atoms with van der Waals surface area (Å²) in [5, 5.41) is 3.36. The maximum absolute atomic E-state index is 17.0. The third-order valence-electron chi connectivity index (χ3n) is 13.9. The molecule has 0 saturated heterocycles. The number of nitrogens with zero attached hydrogens (tertiary/aromatic N) is 3. The van der Waals surface area contributed by atoms with Crippen molar-refractivity contribution in [3.63, 3.8) is 0 Å². The van der Waals surface area contributed by atoms with E-state index in [1.165, 1.54) is 0 Å². The standard InChI is InChI=1S/C66H42F3N3/c67-66(68,69)65-63(71-59-33-29-48(43-17-6-1-7-18-43)37-53(59)54-38-49(30-34-60(54)71)44-19-8-2-9-20-44)41-52(58-28-16-27-57(70-58)47-25-14-5-15-26-47)42-64(65)72-61-35-31-50(45-21-10-3-11-22-45)39-55(61)56-40-51(32-36-62(56)72)46-23-12-4-13-24-46/h1-42H. The lowest BCUT2D eigenvalue weighted by molar-refractivity contribution is -0.137. The van der Waals surface area contributed by atoms with Gasteiger partial charge >= 0.3 is 6.18 Å². The van der Waals surface area contributed by atoms with Gasteiger partial charge in [0.15, 0.2) is 0 Å². The maximum Gasteiger partial charge on any atom is 0.420 e. The fourth-order valence-corrected chi connectivity index (χ4v) is 10.6. The molecule has 3 heterocycles. The highest BCUT2D eigenvalue weighted by molar-refractivity contribution is 6.13. The van der Waals surface area contributed by atoms with E-state index in [4.69, 9.17) is 4.98 Å². The first kappa shape index (κ1) is 42.8. The quantitative estimate of drug-likeness (QED) is 0.149. The maximum atomic E-state index is 17.0. The topological polar surface area (TPSA) is 22.8 Å². The van der Waals surface area contributed by atoms with E-state index < -0.39 is 11.7 Å². The third kappa shape index (κ3) is 7.44. The van der Waals surface area contributed by atoms with Crippen LogP contribution in [0.2, 0.25) is 0 Å². The molecule has 0 saturated carbocycles. The average Bonchev–Trinajstić information content (AvgIpc) is 3.95. The molecule has 6 heteroatoms. The lowest BCUT2D eigenvalue weighted by atomic mass is 10.0. The first-order chi connectivity index (χ1) is 35.3. The van der Waals surface area contributed by atoms with E-state index >= 15 is 13.2 Å². The van der Waals surface area contributed by atoms with Crippen LogP contribution in [0.3, 0.4) is 0 Å². The first-order valence-electron chi connectivity index (χ1n) is 24.0. The van der Waals surface area contributed by atoms with E-state index in [2.05, 4.69) is 72.8 Å². The summed E-state index contributed by atoms with van der Waals surface area (Å²) in [5.41, 5.74) is 12.5. The van der Waals surface area contributed by atoms with Crippen LogP contribution in [0.5, 0.6) is 0 Å². The van der Waals surface area contributed by atoms with Gasteiger partial charge in [0.25, 0.3) is 0 Å². The summed E-state index contributed by atoms with van der Waals surface area (Å²) < 4.78 is 54.7. The van der Waals surface area contributed by atoms with Gasteiger partial charge in [-0.3, -0.25) is 0 Å². The van der Waals surface area contributed by atoms with Crippen LogP contribution in [0.4, 0.5) is 13.2 Å². The Morgan fingerprint density at radius 2 is 0.556 bits per heavy atom. The Kier molecular flexibility index (Phi) is 10.3. The number of rotatable bonds is 8. The average molecular weight is 934 g/mol. The van der Waals surface area contributed by atoms with Crippen LogP contribution in [0.15, 0.2) is 255 Å². The highest BCUT2D eigenvalue weighted by atomic mass is 19.4. The zero-order valence-corrected chi connectivity index (χ0v) is 38.7. The molecular formula is C66H42F3N3. The van der Waals surface area contributed by atoms with Crippen LogP contribution in [-0.4, -0.2) is 14.1 Å². The number of fused-ring (bicyclic) bond motifs is 6. The molecule has 3 aromatic heterocycles. The van der Waals surface area contributed by atoms with Crippen molar-refractivity contribution in [2.75, 3.05) is 0 Å². The second-order valence-corrected chi connectivity index (χ2v) is 18.2. The van der Waals surface area contributed by atoms with Gasteiger partial charge < -0.3 is 9.13 Å². The highest BCUT2D eigenvalue weighted by Gasteiger charge is 2.40. The Morgan fingerprint density at radius 1 is 0.264 bits per heavy atom. The molecule has 10 aromatic carbocycles. The SMILES string of the molecule is FC(F)(F)c1c(-n2c3ccc(-c4ccccc4)cc3c3cc(-c4ccccc4)ccc32)cc(-c2cccc(-c3ccccc3)n2)cc1-n1c2ccc(-c3ccccc3)cc2c2cc(-c3ccccc3)ccc21. The van der Waals surface area contributed by atoms with Crippen LogP contribution >= 0.6 is 0 Å². The normalized spacial score (nSPS) is 11.8. The molecule has 0 unspecified atom stereocenters. The molecule has 0 aliphatic carbocycles. The molecule has 3 nitrogen and oxygen atoms in total. The monoisotopic (exact) mass is 933 g/mol. The van der Waals surface area contributed by atoms with Gasteiger partial charge in [-0.2, -0.15) is 13.2 Å². The fraction of sp³-hybridized carbons (Fsp3) is 0.0152. The van der Waals surface area contributed by atoms with Crippen molar-refractivity contribution in [1.82, 2.24) is 14.1 Å². The number of aromatic nitrogens is 3. The Labute approximate surface area is 414 Å². The smallest absolute Gasteiger partial charge is 0.309 e. The number of pyridine rings is 1. The summed E-state index contributed by atoms with van der Waals surface area (Å²) in [6.07, 6.45) is -4.84. The predicted octanol–water partition coefficient (Wildman–Crippen LogP) is 18.3. The van der Waals surface area contributed by atoms with Crippen LogP contribution in [0.1, 0.15) is 5.56 Å². The zero-order chi connectivity index (χ0) is 48.3. The zero-order valence-electron chi connectivity index (χ0n) is 38.7. The van der Waals surface area contributed by atoms with Gasteiger partial charge in [-0.15, -0.1) is 0 Å². The molecule has 0 aliphatic heterocycles. The van der Waals surface area contributed by atoms with Crippen LogP contribution in [0.25, 0.3) is 122 Å². The van der Waals surface area contributed by atoms with Crippen molar-refractivity contribution < 1.29 is 13.2 Å². The number of benzene rings is 10. The molecule has 13 rings (SSSR count). The first-order valence-corrected chi connectivity index (χ1v) is 24.0. The Morgan fingerprint density at radius 3 is 0.861 bits per heavy atom. The molecule has 0 atom stereocenters. The summed E-state index contributed by atoms with van der Waals surface area (Å²) >= 11 is 0. The molecular weight excluding hydrogens is 892 g/mol. The van der Waals surface area contributed by atoms with Gasteiger partial charge in [0.1, 0.15) is 5.56 Å². The second kappa shape index (κ2) is 17.3. The number of hydrogen-bond acceptors (Lipinski definition) is 1. The van der Waals surface area contributed by atoms with Crippen molar-refractivity contribution in [2.24, 2.45) is 0 Å². The molecule has 0 radical (unpaired) electrons. The van der Waals surface area contributed by atoms with Gasteiger partial charge in [0.05, 0.1) is 44.8 Å². The van der Waals surface area contributed by atoms with Gasteiger partial charge in [-0.05, 0) is 117 Å². The third-order valence-corrected chi connectivity index (χ3v) is 13.9. The van der Waals surface area contributed by atoms with E-state index in [9.17, 15) is 0 Å². The lowest BCUT2D eigenvalue weighted by Gasteiger charge is -2.23. The number of hydrogen-bond donors (Lipinski definition) is 0. The van der Waals surface area contributed by atoms with Gasteiger partial charge in [0.2, 0.25) is 0 Å². The number of halogens is 3. The summed E-state index contributed by atoms with van der Waals surface area (Å²) in [7, 11) is 0. The molecule has 0 N–H and O–H groups in total. The summed E-state index contributed by atoms with van der Waals surface area (Å²) in [5.74, 6) is 0. The van der Waals surface area contributed by atoms with E-state index in [-0.39, 0.29) is 11.4 Å².